The third-order valence-electron chi connectivity index (χ3n) is 5.11. The van der Waals surface area contributed by atoms with Crippen molar-refractivity contribution >= 4 is 12.0 Å². The monoisotopic (exact) mass is 442 g/mol. The van der Waals surface area contributed by atoms with Crippen LogP contribution in [0.4, 0.5) is 0 Å². The highest BCUT2D eigenvalue weighted by Crippen LogP contribution is 2.13. The van der Waals surface area contributed by atoms with Crippen LogP contribution in [-0.2, 0) is 4.74 Å². The Kier molecular flexibility index (Phi) is 12.9. The highest BCUT2D eigenvalue weighted by atomic mass is 16.5. The van der Waals surface area contributed by atoms with Crippen molar-refractivity contribution in [3.05, 3.63) is 77.9 Å². The van der Waals surface area contributed by atoms with Crippen LogP contribution in [0.5, 0.6) is 0 Å². The van der Waals surface area contributed by atoms with Crippen molar-refractivity contribution in [3.8, 4) is 23.7 Å². The van der Waals surface area contributed by atoms with Gasteiger partial charge in [0.25, 0.3) is 0 Å². The molecule has 3 heteroatoms. The number of aliphatic hydroxyl groups excluding tert-OH is 1. The average molecular weight is 443 g/mol. The minimum atomic E-state index is -0.909. The van der Waals surface area contributed by atoms with Crippen LogP contribution in [0.15, 0.2) is 66.7 Å². The summed E-state index contributed by atoms with van der Waals surface area (Å²) in [7, 11) is 0. The predicted molar refractivity (Wildman–Crippen MR) is 135 cm³/mol. The van der Waals surface area contributed by atoms with Crippen LogP contribution in [0, 0.1) is 23.7 Å². The average Bonchev–Trinajstić information content (AvgIpc) is 2.85. The highest BCUT2D eigenvalue weighted by Gasteiger charge is 2.13. The van der Waals surface area contributed by atoms with Crippen molar-refractivity contribution in [2.75, 3.05) is 0 Å². The molecule has 172 valence electrons. The highest BCUT2D eigenvalue weighted by molar-refractivity contribution is 5.89. The van der Waals surface area contributed by atoms with Gasteiger partial charge < -0.3 is 9.84 Å². The van der Waals surface area contributed by atoms with Crippen molar-refractivity contribution in [1.29, 1.82) is 0 Å². The van der Waals surface area contributed by atoms with Gasteiger partial charge >= 0.3 is 5.97 Å². The summed E-state index contributed by atoms with van der Waals surface area (Å²) in [5.74, 6) is 10.7. The smallest absolute Gasteiger partial charge is 0.339 e. The van der Waals surface area contributed by atoms with Crippen LogP contribution >= 0.6 is 0 Å². The van der Waals surface area contributed by atoms with Gasteiger partial charge in [-0.2, -0.15) is 0 Å². The van der Waals surface area contributed by atoms with Crippen molar-refractivity contribution in [2.24, 2.45) is 0 Å². The molecule has 0 radical (unpaired) electrons. The van der Waals surface area contributed by atoms with E-state index in [4.69, 9.17) is 4.74 Å². The van der Waals surface area contributed by atoms with Crippen LogP contribution in [0.2, 0.25) is 0 Å². The Morgan fingerprint density at radius 3 is 2.18 bits per heavy atom. The molecule has 1 N–H and O–H groups in total. The topological polar surface area (TPSA) is 46.5 Å². The number of hydrogen-bond acceptors (Lipinski definition) is 3. The Labute approximate surface area is 198 Å². The molecule has 0 amide bonds. The number of hydrogen-bond donors (Lipinski definition) is 1. The standard InChI is InChI=1S/C30H34O3/c1-2-3-4-5-6-7-14-22-29(33-30(32)27-19-12-9-13-20-27)23-16-15-21-28(31)25-24-26-17-10-8-11-18-26/h8-13,17-20,24-25,28-29,31H,2-7,14,22H2,1H3/b25-24+. The van der Waals surface area contributed by atoms with Gasteiger partial charge in [-0.15, -0.1) is 0 Å². The second-order valence-electron chi connectivity index (χ2n) is 7.92. The van der Waals surface area contributed by atoms with Crippen LogP contribution in [0.3, 0.4) is 0 Å². The maximum absolute atomic E-state index is 12.4. The van der Waals surface area contributed by atoms with Crippen LogP contribution in [0.25, 0.3) is 6.08 Å². The zero-order valence-electron chi connectivity index (χ0n) is 19.5. The summed E-state index contributed by atoms with van der Waals surface area (Å²) in [6.45, 7) is 2.21. The molecule has 0 fully saturated rings. The Morgan fingerprint density at radius 1 is 0.879 bits per heavy atom. The van der Waals surface area contributed by atoms with E-state index in [-0.39, 0.29) is 5.97 Å². The second-order valence-corrected chi connectivity index (χ2v) is 7.92. The fraction of sp³-hybridized carbons (Fsp3) is 0.367. The number of ether oxygens (including phenoxy) is 1. The number of rotatable bonds is 12. The number of aliphatic hydroxyl groups is 1. The molecule has 2 unspecified atom stereocenters. The van der Waals surface area contributed by atoms with Crippen molar-refractivity contribution in [1.82, 2.24) is 0 Å². The number of carbonyl (C=O) groups is 1. The number of benzene rings is 2. The first kappa shape index (κ1) is 26.0. The summed E-state index contributed by atoms with van der Waals surface area (Å²) >= 11 is 0. The Morgan fingerprint density at radius 2 is 1.48 bits per heavy atom. The van der Waals surface area contributed by atoms with Crippen molar-refractivity contribution < 1.29 is 14.6 Å². The lowest BCUT2D eigenvalue weighted by Crippen LogP contribution is -2.16. The van der Waals surface area contributed by atoms with Gasteiger partial charge in [0.05, 0.1) is 5.56 Å². The van der Waals surface area contributed by atoms with Crippen LogP contribution in [0.1, 0.15) is 74.2 Å². The van der Waals surface area contributed by atoms with E-state index in [2.05, 4.69) is 30.6 Å². The first-order valence-electron chi connectivity index (χ1n) is 11.9. The van der Waals surface area contributed by atoms with Crippen LogP contribution in [-0.4, -0.2) is 23.3 Å². The summed E-state index contributed by atoms with van der Waals surface area (Å²) in [5.41, 5.74) is 1.50. The zero-order chi connectivity index (χ0) is 23.6. The fourth-order valence-corrected chi connectivity index (χ4v) is 3.26. The van der Waals surface area contributed by atoms with Gasteiger partial charge in [0.2, 0.25) is 0 Å². The van der Waals surface area contributed by atoms with Gasteiger partial charge in [-0.25, -0.2) is 4.79 Å². The molecule has 0 saturated carbocycles. The molecule has 2 aromatic carbocycles. The first-order valence-corrected chi connectivity index (χ1v) is 11.9. The van der Waals surface area contributed by atoms with E-state index in [0.717, 1.165) is 18.4 Å². The van der Waals surface area contributed by atoms with Gasteiger partial charge in [0, 0.05) is 0 Å². The predicted octanol–water partition coefficient (Wildman–Crippen LogP) is 6.43. The summed E-state index contributed by atoms with van der Waals surface area (Å²) < 4.78 is 5.64. The zero-order valence-corrected chi connectivity index (χ0v) is 19.5. The van der Waals surface area contributed by atoms with Gasteiger partial charge in [0.15, 0.2) is 6.10 Å². The molecule has 0 aliphatic carbocycles. The lowest BCUT2D eigenvalue weighted by Gasteiger charge is -2.12. The molecular weight excluding hydrogens is 408 g/mol. The molecule has 2 atom stereocenters. The third kappa shape index (κ3) is 11.8. The molecule has 0 saturated heterocycles. The summed E-state index contributed by atoms with van der Waals surface area (Å²) in [6, 6.07) is 18.7. The van der Waals surface area contributed by atoms with Gasteiger partial charge in [-0.1, -0.05) is 106 Å². The fourth-order valence-electron chi connectivity index (χ4n) is 3.26. The summed E-state index contributed by atoms with van der Waals surface area (Å²) in [5, 5.41) is 10.0. The third-order valence-corrected chi connectivity index (χ3v) is 5.11. The van der Waals surface area contributed by atoms with E-state index in [1.165, 1.54) is 32.1 Å². The summed E-state index contributed by atoms with van der Waals surface area (Å²) in [4.78, 5) is 12.4. The van der Waals surface area contributed by atoms with E-state index in [1.54, 1.807) is 18.2 Å². The van der Waals surface area contributed by atoms with Gasteiger partial charge in [0.1, 0.15) is 6.10 Å². The van der Waals surface area contributed by atoms with E-state index >= 15 is 0 Å². The maximum Gasteiger partial charge on any atom is 0.339 e. The Balaban J connectivity index is 1.91. The molecule has 0 aromatic heterocycles. The quantitative estimate of drug-likeness (QED) is 0.234. The molecule has 0 aliphatic rings. The molecule has 2 rings (SSSR count). The lowest BCUT2D eigenvalue weighted by molar-refractivity contribution is 0.0393. The Bertz CT molecular complexity index is 956. The van der Waals surface area contributed by atoms with Crippen molar-refractivity contribution in [3.63, 3.8) is 0 Å². The first-order chi connectivity index (χ1) is 16.2. The SMILES string of the molecule is CCCCCCCCCC(C#CC#CC(O)/C=C/c1ccccc1)OC(=O)c1ccccc1. The van der Waals surface area contributed by atoms with Crippen LogP contribution < -0.4 is 0 Å². The van der Waals surface area contributed by atoms with E-state index in [9.17, 15) is 9.90 Å². The maximum atomic E-state index is 12.4. The largest absolute Gasteiger partial charge is 0.446 e. The normalized spacial score (nSPS) is 12.2. The van der Waals surface area contributed by atoms with E-state index < -0.39 is 12.2 Å². The van der Waals surface area contributed by atoms with Crippen molar-refractivity contribution in [2.45, 2.75) is 70.5 Å². The molecule has 33 heavy (non-hydrogen) atoms. The number of carbonyl (C=O) groups excluding carboxylic acids is 1. The lowest BCUT2D eigenvalue weighted by atomic mass is 10.1. The molecule has 0 aliphatic heterocycles. The molecule has 0 bridgehead atoms. The molecule has 2 aromatic rings. The molecular formula is C30H34O3. The van der Waals surface area contributed by atoms with Gasteiger partial charge in [-0.3, -0.25) is 0 Å². The van der Waals surface area contributed by atoms with Gasteiger partial charge in [-0.05, 0) is 54.4 Å². The molecule has 3 nitrogen and oxygen atoms in total. The van der Waals surface area contributed by atoms with E-state index in [1.807, 2.05) is 54.6 Å². The number of esters is 1. The van der Waals surface area contributed by atoms with E-state index in [0.29, 0.717) is 12.0 Å². The minimum Gasteiger partial charge on any atom is -0.446 e. The molecule has 0 spiro atoms. The summed E-state index contributed by atoms with van der Waals surface area (Å²) in [6.07, 6.45) is 11.0. The number of unbranched alkanes of at least 4 members (excludes halogenated alkanes) is 6. The minimum absolute atomic E-state index is 0.378. The molecule has 0 heterocycles. The Hall–Kier alpha value is -3.27. The second kappa shape index (κ2) is 16.4.